The smallest absolute Gasteiger partial charge is 0.251 e. The van der Waals surface area contributed by atoms with Crippen molar-refractivity contribution in [2.45, 2.75) is 116 Å². The second kappa shape index (κ2) is 25.5. The van der Waals surface area contributed by atoms with Crippen LogP contribution in [0.4, 0.5) is 4.79 Å². The average molecular weight is 445 g/mol. The molecular weight excluding hydrogens is 388 g/mol. The van der Waals surface area contributed by atoms with Gasteiger partial charge in [-0.25, -0.2) is 0 Å². The first-order valence-electron chi connectivity index (χ1n) is 13.1. The van der Waals surface area contributed by atoms with Crippen molar-refractivity contribution in [2.24, 2.45) is 0 Å². The summed E-state index contributed by atoms with van der Waals surface area (Å²) in [5, 5.41) is 12.6. The molecule has 0 saturated heterocycles. The van der Waals surface area contributed by atoms with Gasteiger partial charge in [-0.1, -0.05) is 103 Å². The highest BCUT2D eigenvalue weighted by atomic mass is 16.6. The molecule has 31 heavy (non-hydrogen) atoms. The number of unbranched alkanes of at least 4 members (excludes halogenated alkanes) is 15. The molecule has 0 aliphatic carbocycles. The summed E-state index contributed by atoms with van der Waals surface area (Å²) in [5.41, 5.74) is 0. The van der Waals surface area contributed by atoms with E-state index < -0.39 is 6.16 Å². The summed E-state index contributed by atoms with van der Waals surface area (Å²) < 4.78 is 4.64. The maximum atomic E-state index is 9.03. The van der Waals surface area contributed by atoms with Crippen LogP contribution in [-0.2, 0) is 4.74 Å². The predicted octanol–water partition coefficient (Wildman–Crippen LogP) is 5.91. The lowest BCUT2D eigenvalue weighted by Gasteiger charge is -2.23. The minimum atomic E-state index is -1.50. The highest BCUT2D eigenvalue weighted by Crippen LogP contribution is 2.13. The fourth-order valence-electron chi connectivity index (χ4n) is 3.60. The van der Waals surface area contributed by atoms with Gasteiger partial charge < -0.3 is 24.4 Å². The van der Waals surface area contributed by atoms with Gasteiger partial charge in [-0.3, -0.25) is 0 Å². The Morgan fingerprint density at radius 3 is 1.32 bits per heavy atom. The van der Waals surface area contributed by atoms with E-state index in [2.05, 4.69) is 38.1 Å². The molecule has 0 spiro atoms. The van der Waals surface area contributed by atoms with E-state index in [0.717, 1.165) is 11.6 Å². The zero-order valence-corrected chi connectivity index (χ0v) is 21.8. The number of quaternary nitrogens is 1. The van der Waals surface area contributed by atoms with E-state index in [1.807, 2.05) is 0 Å². The van der Waals surface area contributed by atoms with Crippen molar-refractivity contribution < 1.29 is 19.1 Å². The fourth-order valence-corrected chi connectivity index (χ4v) is 3.60. The number of carbonyl (C=O) groups is 1. The minimum absolute atomic E-state index is 1.04. The Bertz CT molecular complexity index is 357. The molecule has 0 aliphatic rings. The largest absolute Gasteiger partial charge is 0.553 e. The number of rotatable bonds is 21. The third-order valence-corrected chi connectivity index (χ3v) is 5.56. The first-order chi connectivity index (χ1) is 14.8. The average Bonchev–Trinajstić information content (AvgIpc) is 2.72. The number of nitrogens with one attached hydrogen (secondary N) is 1. The van der Waals surface area contributed by atoms with Crippen molar-refractivity contribution in [2.75, 3.05) is 47.9 Å². The molecule has 5 nitrogen and oxygen atoms in total. The van der Waals surface area contributed by atoms with E-state index in [1.165, 1.54) is 129 Å². The maximum Gasteiger partial charge on any atom is 0.251 e. The number of nitrogens with zero attached hydrogens (tertiary/aromatic N) is 1. The fraction of sp³-hybridized carbons (Fsp3) is 0.962. The second-order valence-corrected chi connectivity index (χ2v) is 9.87. The van der Waals surface area contributed by atoms with Crippen molar-refractivity contribution in [1.29, 1.82) is 0 Å². The summed E-state index contributed by atoms with van der Waals surface area (Å²) in [4.78, 5) is 9.03. The number of hydrogen-bond acceptors (Lipinski definition) is 4. The summed E-state index contributed by atoms with van der Waals surface area (Å²) in [5.74, 6) is 0. The molecular formula is C26H56N2O3. The van der Waals surface area contributed by atoms with Gasteiger partial charge in [0.2, 0.25) is 0 Å². The third-order valence-electron chi connectivity index (χ3n) is 5.56. The van der Waals surface area contributed by atoms with Crippen molar-refractivity contribution in [3.05, 3.63) is 0 Å². The Labute approximate surface area is 194 Å². The maximum absolute atomic E-state index is 9.03. The Morgan fingerprint density at radius 1 is 0.677 bits per heavy atom. The molecule has 0 unspecified atom stereocenters. The van der Waals surface area contributed by atoms with Gasteiger partial charge in [0.15, 0.2) is 0 Å². The van der Waals surface area contributed by atoms with Gasteiger partial charge in [0.1, 0.15) is 0 Å². The van der Waals surface area contributed by atoms with Crippen molar-refractivity contribution >= 4 is 6.16 Å². The molecule has 0 fully saturated rings. The van der Waals surface area contributed by atoms with Gasteiger partial charge in [0.05, 0.1) is 27.7 Å². The van der Waals surface area contributed by atoms with Crippen molar-refractivity contribution in [3.8, 4) is 0 Å². The zero-order valence-electron chi connectivity index (χ0n) is 21.8. The molecule has 0 atom stereocenters. The van der Waals surface area contributed by atoms with E-state index in [4.69, 9.17) is 9.90 Å². The minimum Gasteiger partial charge on any atom is -0.553 e. The Morgan fingerprint density at radius 2 is 1.00 bits per heavy atom. The van der Waals surface area contributed by atoms with E-state index in [0.29, 0.717) is 0 Å². The van der Waals surface area contributed by atoms with Crippen LogP contribution in [0.1, 0.15) is 116 Å². The van der Waals surface area contributed by atoms with Crippen LogP contribution in [0.3, 0.4) is 0 Å². The highest BCUT2D eigenvalue weighted by molar-refractivity contribution is 5.53. The molecule has 0 radical (unpaired) electrons. The van der Waals surface area contributed by atoms with Crippen LogP contribution < -0.4 is 10.4 Å². The molecule has 0 rings (SSSR count). The monoisotopic (exact) mass is 444 g/mol. The number of ether oxygens (including phenoxy) is 1. The SMILES string of the molecule is CCCCCCCCCCCCCCCCCCNCCC[N+](C)(C)C.COC(=O)[O-]. The molecule has 0 aromatic carbocycles. The molecule has 0 aliphatic heterocycles. The van der Waals surface area contributed by atoms with E-state index in [1.54, 1.807) is 0 Å². The summed E-state index contributed by atoms with van der Waals surface area (Å²) in [6.07, 6.45) is 23.0. The second-order valence-electron chi connectivity index (χ2n) is 9.87. The number of carboxylic acid groups (broad SMARTS) is 1. The Kier molecular flexibility index (Phi) is 26.6. The number of carbonyl (C=O) groups excluding carboxylic acids is 1. The molecule has 0 heterocycles. The lowest BCUT2D eigenvalue weighted by atomic mass is 10.0. The molecule has 5 heteroatoms. The van der Waals surface area contributed by atoms with Gasteiger partial charge in [-0.2, -0.15) is 0 Å². The highest BCUT2D eigenvalue weighted by Gasteiger charge is 2.04. The molecule has 0 aromatic heterocycles. The Hall–Kier alpha value is -0.810. The van der Waals surface area contributed by atoms with Gasteiger partial charge in [-0.05, 0) is 13.0 Å². The third kappa shape index (κ3) is 36.9. The van der Waals surface area contributed by atoms with E-state index in [9.17, 15) is 0 Å². The summed E-state index contributed by atoms with van der Waals surface area (Å²) in [7, 11) is 7.86. The summed E-state index contributed by atoms with van der Waals surface area (Å²) in [6.45, 7) is 5.97. The normalized spacial score (nSPS) is 11.1. The van der Waals surface area contributed by atoms with Gasteiger partial charge >= 0.3 is 0 Å². The van der Waals surface area contributed by atoms with Crippen molar-refractivity contribution in [3.63, 3.8) is 0 Å². The zero-order chi connectivity index (χ0) is 23.6. The Balaban J connectivity index is 0. The van der Waals surface area contributed by atoms with Crippen LogP contribution in [-0.4, -0.2) is 58.5 Å². The van der Waals surface area contributed by atoms with Crippen LogP contribution in [0.5, 0.6) is 0 Å². The molecule has 0 saturated carbocycles. The standard InChI is InChI=1S/C24H53N2.C2H4O3/c1-5-6-7-8-9-10-11-12-13-14-15-16-17-18-19-20-22-25-23-21-24-26(2,3)4;1-5-2(3)4/h25H,5-24H2,1-4H3;1H3,(H,3,4)/q+1;/p-1. The van der Waals surface area contributed by atoms with Gasteiger partial charge in [0, 0.05) is 20.1 Å². The first kappa shape index (κ1) is 32.4. The van der Waals surface area contributed by atoms with Crippen LogP contribution in [0.15, 0.2) is 0 Å². The van der Waals surface area contributed by atoms with Crippen molar-refractivity contribution in [1.82, 2.24) is 5.32 Å². The molecule has 0 aromatic rings. The number of methoxy groups -OCH3 is 1. The first-order valence-corrected chi connectivity index (χ1v) is 13.1. The lowest BCUT2D eigenvalue weighted by molar-refractivity contribution is -0.870. The quantitative estimate of drug-likeness (QED) is 0.136. The van der Waals surface area contributed by atoms with Crippen LogP contribution >= 0.6 is 0 Å². The van der Waals surface area contributed by atoms with Crippen LogP contribution in [0, 0.1) is 0 Å². The van der Waals surface area contributed by atoms with Gasteiger partial charge in [-0.15, -0.1) is 0 Å². The van der Waals surface area contributed by atoms with E-state index in [-0.39, 0.29) is 0 Å². The number of hydrogen-bond donors (Lipinski definition) is 1. The molecule has 0 bridgehead atoms. The molecule has 0 amide bonds. The van der Waals surface area contributed by atoms with E-state index >= 15 is 0 Å². The van der Waals surface area contributed by atoms with Crippen LogP contribution in [0.25, 0.3) is 0 Å². The molecule has 1 N–H and O–H groups in total. The predicted molar refractivity (Wildman–Crippen MR) is 132 cm³/mol. The summed E-state index contributed by atoms with van der Waals surface area (Å²) >= 11 is 0. The van der Waals surface area contributed by atoms with Gasteiger partial charge in [0.25, 0.3) is 6.16 Å². The summed E-state index contributed by atoms with van der Waals surface area (Å²) in [6, 6.07) is 0. The van der Waals surface area contributed by atoms with Crippen LogP contribution in [0.2, 0.25) is 0 Å². The lowest BCUT2D eigenvalue weighted by Crippen LogP contribution is -2.36. The molecule has 188 valence electrons. The topological polar surface area (TPSA) is 61.4 Å².